The van der Waals surface area contributed by atoms with Gasteiger partial charge in [0.05, 0.1) is 30.1 Å². The molecular formula is C23H18N2O5. The Balaban J connectivity index is 1.52. The second-order valence-electron chi connectivity index (χ2n) is 6.38. The molecule has 0 saturated heterocycles. The molecule has 2 heterocycles. The van der Waals surface area contributed by atoms with Crippen molar-refractivity contribution in [3.05, 3.63) is 102 Å². The summed E-state index contributed by atoms with van der Waals surface area (Å²) in [6.07, 6.45) is 3.21. The van der Waals surface area contributed by atoms with Crippen molar-refractivity contribution < 1.29 is 23.5 Å². The van der Waals surface area contributed by atoms with Gasteiger partial charge in [-0.05, 0) is 36.4 Å². The first kappa shape index (κ1) is 19.2. The summed E-state index contributed by atoms with van der Waals surface area (Å²) < 4.78 is 17.5. The molecule has 0 spiro atoms. The number of carbonyl (C=O) groups excluding carboxylic acids is 2. The second kappa shape index (κ2) is 8.48. The molecule has 0 aliphatic carbocycles. The third-order valence-corrected chi connectivity index (χ3v) is 4.42. The minimum absolute atomic E-state index is 0.0601. The standard InChI is InChI=1S/C23H18N2O5/c1-28-23(27)21-12-11-18(30-21)15-29-20-10-6-5-9-19(20)22(26)16-13-24-25(14-16)17-7-3-2-4-8-17/h2-14H,15H2,1H3. The van der Waals surface area contributed by atoms with E-state index in [1.54, 1.807) is 41.2 Å². The van der Waals surface area contributed by atoms with Gasteiger partial charge in [0.2, 0.25) is 5.76 Å². The number of nitrogens with zero attached hydrogens (tertiary/aromatic N) is 2. The highest BCUT2D eigenvalue weighted by Gasteiger charge is 2.17. The van der Waals surface area contributed by atoms with E-state index in [1.165, 1.54) is 19.4 Å². The third-order valence-electron chi connectivity index (χ3n) is 4.42. The summed E-state index contributed by atoms with van der Waals surface area (Å²) in [5, 5.41) is 4.28. The largest absolute Gasteiger partial charge is 0.485 e. The van der Waals surface area contributed by atoms with Gasteiger partial charge >= 0.3 is 5.97 Å². The summed E-state index contributed by atoms with van der Waals surface area (Å²) >= 11 is 0. The molecule has 0 unspecified atom stereocenters. The molecule has 2 aromatic carbocycles. The average Bonchev–Trinajstić information content (AvgIpc) is 3.48. The predicted molar refractivity (Wildman–Crippen MR) is 108 cm³/mol. The highest BCUT2D eigenvalue weighted by molar-refractivity contribution is 6.10. The molecule has 0 aliphatic rings. The number of furan rings is 1. The summed E-state index contributed by atoms with van der Waals surface area (Å²) in [4.78, 5) is 24.5. The first-order valence-electron chi connectivity index (χ1n) is 9.19. The summed E-state index contributed by atoms with van der Waals surface area (Å²) in [6, 6.07) is 19.6. The minimum Gasteiger partial charge on any atom is -0.485 e. The molecule has 0 aliphatic heterocycles. The van der Waals surface area contributed by atoms with Crippen LogP contribution in [-0.2, 0) is 11.3 Å². The molecule has 4 aromatic rings. The van der Waals surface area contributed by atoms with Gasteiger partial charge in [0, 0.05) is 6.20 Å². The monoisotopic (exact) mass is 402 g/mol. The number of hydrogen-bond donors (Lipinski definition) is 0. The number of para-hydroxylation sites is 2. The van der Waals surface area contributed by atoms with Gasteiger partial charge in [-0.1, -0.05) is 30.3 Å². The highest BCUT2D eigenvalue weighted by Crippen LogP contribution is 2.23. The van der Waals surface area contributed by atoms with E-state index in [4.69, 9.17) is 9.15 Å². The van der Waals surface area contributed by atoms with Gasteiger partial charge in [0.1, 0.15) is 18.1 Å². The molecule has 0 N–H and O–H groups in total. The number of rotatable bonds is 7. The van der Waals surface area contributed by atoms with Crippen LogP contribution in [0.4, 0.5) is 0 Å². The van der Waals surface area contributed by atoms with Crippen LogP contribution in [0.15, 0.2) is 83.5 Å². The smallest absolute Gasteiger partial charge is 0.373 e. The third kappa shape index (κ3) is 4.00. The van der Waals surface area contributed by atoms with Crippen LogP contribution in [-0.4, -0.2) is 28.6 Å². The number of ether oxygens (including phenoxy) is 2. The molecule has 2 aromatic heterocycles. The summed E-state index contributed by atoms with van der Waals surface area (Å²) in [5.74, 6) is 0.170. The lowest BCUT2D eigenvalue weighted by molar-refractivity contribution is 0.0561. The number of esters is 1. The molecule has 0 fully saturated rings. The van der Waals surface area contributed by atoms with Crippen LogP contribution in [0.5, 0.6) is 5.75 Å². The Labute approximate surface area is 172 Å². The number of benzene rings is 2. The Kier molecular flexibility index (Phi) is 5.43. The van der Waals surface area contributed by atoms with Crippen LogP contribution < -0.4 is 4.74 Å². The minimum atomic E-state index is -0.563. The fourth-order valence-corrected chi connectivity index (χ4v) is 2.91. The van der Waals surface area contributed by atoms with Gasteiger partial charge in [-0.25, -0.2) is 9.48 Å². The second-order valence-corrected chi connectivity index (χ2v) is 6.38. The van der Waals surface area contributed by atoms with Crippen LogP contribution in [0.1, 0.15) is 32.2 Å². The quantitative estimate of drug-likeness (QED) is 0.342. The van der Waals surface area contributed by atoms with E-state index in [0.717, 1.165) is 5.69 Å². The summed E-state index contributed by atoms with van der Waals surface area (Å²) in [5.41, 5.74) is 1.71. The van der Waals surface area contributed by atoms with Crippen molar-refractivity contribution in [1.29, 1.82) is 0 Å². The van der Waals surface area contributed by atoms with Crippen molar-refractivity contribution in [3.63, 3.8) is 0 Å². The lowest BCUT2D eigenvalue weighted by Gasteiger charge is -2.09. The Morgan fingerprint density at radius 2 is 1.77 bits per heavy atom. The number of carbonyl (C=O) groups is 2. The zero-order chi connectivity index (χ0) is 20.9. The summed E-state index contributed by atoms with van der Waals surface area (Å²) in [6.45, 7) is 0.0601. The molecule has 0 amide bonds. The van der Waals surface area contributed by atoms with Crippen LogP contribution in [0.3, 0.4) is 0 Å². The molecule has 0 bridgehead atoms. The lowest BCUT2D eigenvalue weighted by atomic mass is 10.1. The fraction of sp³-hybridized carbons (Fsp3) is 0.0870. The van der Waals surface area contributed by atoms with E-state index in [1.807, 2.05) is 30.3 Å². The van der Waals surface area contributed by atoms with Crippen molar-refractivity contribution in [2.45, 2.75) is 6.61 Å². The molecule has 0 saturated carbocycles. The Hall–Kier alpha value is -4.13. The van der Waals surface area contributed by atoms with Gasteiger partial charge in [0.15, 0.2) is 5.78 Å². The maximum absolute atomic E-state index is 13.0. The van der Waals surface area contributed by atoms with Crippen LogP contribution in [0.25, 0.3) is 5.69 Å². The first-order valence-corrected chi connectivity index (χ1v) is 9.19. The van der Waals surface area contributed by atoms with E-state index in [-0.39, 0.29) is 18.2 Å². The molecular weight excluding hydrogens is 384 g/mol. The zero-order valence-electron chi connectivity index (χ0n) is 16.1. The Morgan fingerprint density at radius 3 is 2.57 bits per heavy atom. The van der Waals surface area contributed by atoms with Crippen molar-refractivity contribution in [1.82, 2.24) is 9.78 Å². The van der Waals surface area contributed by atoms with E-state index >= 15 is 0 Å². The molecule has 7 heteroatoms. The van der Waals surface area contributed by atoms with Crippen molar-refractivity contribution in [3.8, 4) is 11.4 Å². The van der Waals surface area contributed by atoms with E-state index in [2.05, 4.69) is 9.84 Å². The van der Waals surface area contributed by atoms with Gasteiger partial charge in [0.25, 0.3) is 0 Å². The van der Waals surface area contributed by atoms with Gasteiger partial charge < -0.3 is 13.9 Å². The van der Waals surface area contributed by atoms with Crippen molar-refractivity contribution in [2.24, 2.45) is 0 Å². The molecule has 4 rings (SSSR count). The maximum Gasteiger partial charge on any atom is 0.373 e. The molecule has 7 nitrogen and oxygen atoms in total. The maximum atomic E-state index is 13.0. The number of hydrogen-bond acceptors (Lipinski definition) is 6. The van der Waals surface area contributed by atoms with Crippen molar-refractivity contribution >= 4 is 11.8 Å². The number of ketones is 1. The number of methoxy groups -OCH3 is 1. The molecule has 30 heavy (non-hydrogen) atoms. The molecule has 0 atom stereocenters. The van der Waals surface area contributed by atoms with E-state index < -0.39 is 5.97 Å². The topological polar surface area (TPSA) is 83.6 Å². The van der Waals surface area contributed by atoms with E-state index in [9.17, 15) is 9.59 Å². The predicted octanol–water partition coefficient (Wildman–Crippen LogP) is 4.06. The molecule has 150 valence electrons. The highest BCUT2D eigenvalue weighted by atomic mass is 16.5. The zero-order valence-corrected chi connectivity index (χ0v) is 16.1. The van der Waals surface area contributed by atoms with Gasteiger partial charge in [-0.3, -0.25) is 4.79 Å². The molecule has 0 radical (unpaired) electrons. The number of aromatic nitrogens is 2. The van der Waals surface area contributed by atoms with Crippen LogP contribution in [0, 0.1) is 0 Å². The lowest BCUT2D eigenvalue weighted by Crippen LogP contribution is -2.05. The summed E-state index contributed by atoms with van der Waals surface area (Å²) in [7, 11) is 1.28. The van der Waals surface area contributed by atoms with Crippen LogP contribution >= 0.6 is 0 Å². The van der Waals surface area contributed by atoms with Gasteiger partial charge in [-0.15, -0.1) is 0 Å². The fourth-order valence-electron chi connectivity index (χ4n) is 2.91. The normalized spacial score (nSPS) is 10.6. The Morgan fingerprint density at radius 1 is 1.00 bits per heavy atom. The van der Waals surface area contributed by atoms with Crippen LogP contribution in [0.2, 0.25) is 0 Å². The van der Waals surface area contributed by atoms with E-state index in [0.29, 0.717) is 22.6 Å². The SMILES string of the molecule is COC(=O)c1ccc(COc2ccccc2C(=O)c2cnn(-c3ccccc3)c2)o1. The average molecular weight is 402 g/mol. The first-order chi connectivity index (χ1) is 14.7. The van der Waals surface area contributed by atoms with Crippen molar-refractivity contribution in [2.75, 3.05) is 7.11 Å². The Bertz CT molecular complexity index is 1180. The van der Waals surface area contributed by atoms with Gasteiger partial charge in [-0.2, -0.15) is 5.10 Å².